The van der Waals surface area contributed by atoms with Gasteiger partial charge in [-0.2, -0.15) is 0 Å². The zero-order valence-corrected chi connectivity index (χ0v) is 12.8. The average molecular weight is 311 g/mol. The number of benzene rings is 1. The molecule has 0 unspecified atom stereocenters. The van der Waals surface area contributed by atoms with Gasteiger partial charge in [0, 0.05) is 16.3 Å². The molecule has 0 saturated carbocycles. The van der Waals surface area contributed by atoms with Crippen LogP contribution in [0.15, 0.2) is 23.6 Å². The first-order chi connectivity index (χ1) is 9.47. The standard InChI is InChI=1S/C14H15ClN2O2S/c1-8(2)14-17-10(7-20-14)6-16-13(19)11-5-9(15)3-4-12(11)18/h3-5,7-8,18H,6H2,1-2H3,(H,16,19). The maximum Gasteiger partial charge on any atom is 0.255 e. The van der Waals surface area contributed by atoms with Crippen molar-refractivity contribution < 1.29 is 9.90 Å². The Balaban J connectivity index is 2.02. The molecule has 2 N–H and O–H groups in total. The lowest BCUT2D eigenvalue weighted by Gasteiger charge is -2.06. The molecule has 1 heterocycles. The van der Waals surface area contributed by atoms with E-state index in [1.165, 1.54) is 18.2 Å². The average Bonchev–Trinajstić information content (AvgIpc) is 2.88. The summed E-state index contributed by atoms with van der Waals surface area (Å²) >= 11 is 7.39. The van der Waals surface area contributed by atoms with Gasteiger partial charge >= 0.3 is 0 Å². The second-order valence-electron chi connectivity index (χ2n) is 4.68. The molecule has 0 atom stereocenters. The second-order valence-corrected chi connectivity index (χ2v) is 6.00. The van der Waals surface area contributed by atoms with Crippen molar-refractivity contribution in [2.75, 3.05) is 0 Å². The molecule has 0 spiro atoms. The summed E-state index contributed by atoms with van der Waals surface area (Å²) in [5.74, 6) is -0.0847. The monoisotopic (exact) mass is 310 g/mol. The van der Waals surface area contributed by atoms with Crippen LogP contribution >= 0.6 is 22.9 Å². The fourth-order valence-corrected chi connectivity index (χ4v) is 2.63. The normalized spacial score (nSPS) is 10.8. The van der Waals surface area contributed by atoms with Crippen LogP contribution in [0.25, 0.3) is 0 Å². The summed E-state index contributed by atoms with van der Waals surface area (Å²) in [4.78, 5) is 16.4. The van der Waals surface area contributed by atoms with E-state index in [4.69, 9.17) is 11.6 Å². The summed E-state index contributed by atoms with van der Waals surface area (Å²) in [5, 5.41) is 15.7. The lowest BCUT2D eigenvalue weighted by molar-refractivity contribution is 0.0948. The first kappa shape index (κ1) is 14.8. The zero-order chi connectivity index (χ0) is 14.7. The number of aromatic nitrogens is 1. The molecule has 0 aliphatic heterocycles. The molecule has 0 fully saturated rings. The van der Waals surface area contributed by atoms with Crippen molar-refractivity contribution in [3.8, 4) is 5.75 Å². The van der Waals surface area contributed by atoms with Crippen molar-refractivity contribution in [1.82, 2.24) is 10.3 Å². The third kappa shape index (κ3) is 3.49. The fraction of sp³-hybridized carbons (Fsp3) is 0.286. The van der Waals surface area contributed by atoms with E-state index in [-0.39, 0.29) is 17.2 Å². The van der Waals surface area contributed by atoms with Gasteiger partial charge in [0.1, 0.15) is 5.75 Å². The molecule has 20 heavy (non-hydrogen) atoms. The summed E-state index contributed by atoms with van der Waals surface area (Å²) in [5.41, 5.74) is 0.977. The summed E-state index contributed by atoms with van der Waals surface area (Å²) in [7, 11) is 0. The van der Waals surface area contributed by atoms with Crippen LogP contribution in [0.5, 0.6) is 5.75 Å². The first-order valence-corrected chi connectivity index (χ1v) is 7.44. The van der Waals surface area contributed by atoms with Gasteiger partial charge in [0.2, 0.25) is 0 Å². The highest BCUT2D eigenvalue weighted by Gasteiger charge is 2.12. The molecule has 0 saturated heterocycles. The van der Waals surface area contributed by atoms with Crippen molar-refractivity contribution in [3.05, 3.63) is 44.9 Å². The zero-order valence-electron chi connectivity index (χ0n) is 11.2. The number of amides is 1. The Hall–Kier alpha value is -1.59. The molecule has 6 heteroatoms. The molecule has 0 aliphatic rings. The number of phenols is 1. The van der Waals surface area contributed by atoms with Crippen LogP contribution in [-0.2, 0) is 6.54 Å². The van der Waals surface area contributed by atoms with Crippen molar-refractivity contribution in [2.24, 2.45) is 0 Å². The lowest BCUT2D eigenvalue weighted by Crippen LogP contribution is -2.23. The summed E-state index contributed by atoms with van der Waals surface area (Å²) < 4.78 is 0. The third-order valence-corrected chi connectivity index (χ3v) is 4.13. The van der Waals surface area contributed by atoms with Crippen LogP contribution in [0.2, 0.25) is 5.02 Å². The van der Waals surface area contributed by atoms with Gasteiger partial charge in [0.25, 0.3) is 5.91 Å². The smallest absolute Gasteiger partial charge is 0.255 e. The number of carbonyl (C=O) groups excluding carboxylic acids is 1. The van der Waals surface area contributed by atoms with Crippen LogP contribution in [0.1, 0.15) is 40.8 Å². The molecule has 0 bridgehead atoms. The first-order valence-electron chi connectivity index (χ1n) is 6.18. The number of nitrogens with one attached hydrogen (secondary N) is 1. The summed E-state index contributed by atoms with van der Waals surface area (Å²) in [6.45, 7) is 4.48. The van der Waals surface area contributed by atoms with Crippen molar-refractivity contribution in [1.29, 1.82) is 0 Å². The number of rotatable bonds is 4. The Morgan fingerprint density at radius 2 is 2.25 bits per heavy atom. The highest BCUT2D eigenvalue weighted by Crippen LogP contribution is 2.22. The van der Waals surface area contributed by atoms with Gasteiger partial charge in [-0.1, -0.05) is 25.4 Å². The Morgan fingerprint density at radius 3 is 2.90 bits per heavy atom. The van der Waals surface area contributed by atoms with Gasteiger partial charge in [0.05, 0.1) is 22.8 Å². The second kappa shape index (κ2) is 6.24. The van der Waals surface area contributed by atoms with Crippen LogP contribution in [0, 0.1) is 0 Å². The number of thiazole rings is 1. The summed E-state index contributed by atoms with van der Waals surface area (Å²) in [6.07, 6.45) is 0. The number of phenolic OH excluding ortho intramolecular Hbond substituents is 1. The van der Waals surface area contributed by atoms with E-state index in [2.05, 4.69) is 24.1 Å². The highest BCUT2D eigenvalue weighted by atomic mass is 35.5. The van der Waals surface area contributed by atoms with Crippen LogP contribution in [0.4, 0.5) is 0 Å². The van der Waals surface area contributed by atoms with E-state index in [9.17, 15) is 9.90 Å². The van der Waals surface area contributed by atoms with Crippen LogP contribution in [0.3, 0.4) is 0 Å². The number of aromatic hydroxyl groups is 1. The maximum absolute atomic E-state index is 12.0. The van der Waals surface area contributed by atoms with Crippen LogP contribution in [-0.4, -0.2) is 16.0 Å². The quantitative estimate of drug-likeness (QED) is 0.907. The number of carbonyl (C=O) groups is 1. The fourth-order valence-electron chi connectivity index (χ4n) is 1.63. The molecule has 1 aromatic heterocycles. The predicted octanol–water partition coefficient (Wildman–Crippen LogP) is 3.56. The van der Waals surface area contributed by atoms with Crippen molar-refractivity contribution in [2.45, 2.75) is 26.3 Å². The van der Waals surface area contributed by atoms with E-state index in [1.807, 2.05) is 5.38 Å². The minimum atomic E-state index is -0.371. The van der Waals surface area contributed by atoms with Gasteiger partial charge in [-0.05, 0) is 18.2 Å². The third-order valence-electron chi connectivity index (χ3n) is 2.70. The Kier molecular flexibility index (Phi) is 4.62. The van der Waals surface area contributed by atoms with Crippen LogP contribution < -0.4 is 5.32 Å². The number of hydrogen-bond acceptors (Lipinski definition) is 4. The van der Waals surface area contributed by atoms with Gasteiger partial charge < -0.3 is 10.4 Å². The van der Waals surface area contributed by atoms with E-state index in [1.54, 1.807) is 11.3 Å². The molecule has 4 nitrogen and oxygen atoms in total. The summed E-state index contributed by atoms with van der Waals surface area (Å²) in [6, 6.07) is 4.37. The molecular weight excluding hydrogens is 296 g/mol. The minimum absolute atomic E-state index is 0.0898. The van der Waals surface area contributed by atoms with Gasteiger partial charge in [-0.15, -0.1) is 11.3 Å². The minimum Gasteiger partial charge on any atom is -0.507 e. The van der Waals surface area contributed by atoms with E-state index >= 15 is 0 Å². The molecule has 1 aromatic carbocycles. The topological polar surface area (TPSA) is 62.2 Å². The molecule has 2 rings (SSSR count). The Labute approximate surface area is 126 Å². The largest absolute Gasteiger partial charge is 0.507 e. The molecule has 2 aromatic rings. The maximum atomic E-state index is 12.0. The van der Waals surface area contributed by atoms with Crippen molar-refractivity contribution in [3.63, 3.8) is 0 Å². The van der Waals surface area contributed by atoms with Crippen molar-refractivity contribution >= 4 is 28.8 Å². The lowest BCUT2D eigenvalue weighted by atomic mass is 10.2. The highest BCUT2D eigenvalue weighted by molar-refractivity contribution is 7.09. The molecule has 1 amide bonds. The van der Waals surface area contributed by atoms with Gasteiger partial charge in [-0.3, -0.25) is 4.79 Å². The van der Waals surface area contributed by atoms with E-state index in [0.717, 1.165) is 10.7 Å². The number of hydrogen-bond donors (Lipinski definition) is 2. The van der Waals surface area contributed by atoms with Gasteiger partial charge in [0.15, 0.2) is 0 Å². The van der Waals surface area contributed by atoms with E-state index < -0.39 is 0 Å². The molecule has 0 radical (unpaired) electrons. The van der Waals surface area contributed by atoms with E-state index in [0.29, 0.717) is 17.5 Å². The predicted molar refractivity (Wildman–Crippen MR) is 80.5 cm³/mol. The molecule has 106 valence electrons. The molecule has 0 aliphatic carbocycles. The number of nitrogens with zero attached hydrogens (tertiary/aromatic N) is 1. The van der Waals surface area contributed by atoms with Gasteiger partial charge in [-0.25, -0.2) is 4.98 Å². The Bertz CT molecular complexity index is 625. The molecular formula is C14H15ClN2O2S. The Morgan fingerprint density at radius 1 is 1.50 bits per heavy atom. The number of halogens is 1. The SMILES string of the molecule is CC(C)c1nc(CNC(=O)c2cc(Cl)ccc2O)cs1.